The van der Waals surface area contributed by atoms with E-state index in [1.807, 2.05) is 19.1 Å². The first kappa shape index (κ1) is 14.4. The van der Waals surface area contributed by atoms with Crippen molar-refractivity contribution >= 4 is 17.1 Å². The number of hydrogen-bond donors (Lipinski definition) is 0. The third kappa shape index (κ3) is 3.58. The van der Waals surface area contributed by atoms with Gasteiger partial charge in [0.05, 0.1) is 9.75 Å². The van der Waals surface area contributed by atoms with Crippen molar-refractivity contribution in [2.24, 2.45) is 0 Å². The van der Waals surface area contributed by atoms with Crippen LogP contribution in [-0.4, -0.2) is 30.4 Å². The van der Waals surface area contributed by atoms with Crippen LogP contribution in [0.1, 0.15) is 34.7 Å². The minimum absolute atomic E-state index is 0.0272. The van der Waals surface area contributed by atoms with Gasteiger partial charge in [0.1, 0.15) is 18.1 Å². The van der Waals surface area contributed by atoms with Gasteiger partial charge in [-0.1, -0.05) is 5.16 Å². The fourth-order valence-corrected chi connectivity index (χ4v) is 3.07. The summed E-state index contributed by atoms with van der Waals surface area (Å²) in [6.07, 6.45) is 2.79. The molecule has 1 unspecified atom stereocenters. The minimum Gasteiger partial charge on any atom is -0.361 e. The Morgan fingerprint density at radius 1 is 1.48 bits per heavy atom. The van der Waals surface area contributed by atoms with Gasteiger partial charge in [-0.2, -0.15) is 0 Å². The van der Waals surface area contributed by atoms with E-state index in [1.54, 1.807) is 6.07 Å². The van der Waals surface area contributed by atoms with Crippen molar-refractivity contribution in [3.63, 3.8) is 0 Å². The van der Waals surface area contributed by atoms with E-state index in [1.165, 1.54) is 11.3 Å². The maximum Gasteiger partial charge on any atom is 0.198 e. The summed E-state index contributed by atoms with van der Waals surface area (Å²) < 4.78 is 16.0. The van der Waals surface area contributed by atoms with Crippen LogP contribution < -0.4 is 0 Å². The lowest BCUT2D eigenvalue weighted by Gasteiger charge is -2.22. The molecule has 0 N–H and O–H groups in total. The molecule has 1 aliphatic rings. The summed E-state index contributed by atoms with van der Waals surface area (Å²) in [6.45, 7) is 2.62. The molecular formula is C15H17NO4S. The van der Waals surface area contributed by atoms with Crippen LogP contribution in [0, 0.1) is 6.92 Å². The van der Waals surface area contributed by atoms with E-state index in [4.69, 9.17) is 14.0 Å². The van der Waals surface area contributed by atoms with Crippen LogP contribution in [-0.2, 0) is 9.47 Å². The molecule has 3 heterocycles. The number of ketones is 1. The van der Waals surface area contributed by atoms with Crippen molar-refractivity contribution in [2.45, 2.75) is 32.5 Å². The van der Waals surface area contributed by atoms with Gasteiger partial charge in [0.2, 0.25) is 0 Å². The zero-order chi connectivity index (χ0) is 14.7. The topological polar surface area (TPSA) is 61.6 Å². The molecule has 2 aromatic rings. The number of nitrogens with zero attached hydrogens (tertiary/aromatic N) is 1. The lowest BCUT2D eigenvalue weighted by atomic mass is 10.2. The van der Waals surface area contributed by atoms with E-state index >= 15 is 0 Å². The Morgan fingerprint density at radius 2 is 2.38 bits per heavy atom. The largest absolute Gasteiger partial charge is 0.361 e. The molecule has 0 aromatic carbocycles. The van der Waals surface area contributed by atoms with Gasteiger partial charge in [0, 0.05) is 12.7 Å². The molecule has 3 rings (SSSR count). The van der Waals surface area contributed by atoms with Crippen LogP contribution in [0.3, 0.4) is 0 Å². The number of aromatic nitrogens is 1. The lowest BCUT2D eigenvalue weighted by molar-refractivity contribution is -0.155. The summed E-state index contributed by atoms with van der Waals surface area (Å²) in [7, 11) is 0. The van der Waals surface area contributed by atoms with Crippen LogP contribution in [0.5, 0.6) is 0 Å². The molecule has 0 aliphatic carbocycles. The van der Waals surface area contributed by atoms with Crippen molar-refractivity contribution in [2.75, 3.05) is 13.2 Å². The van der Waals surface area contributed by atoms with E-state index in [2.05, 4.69) is 5.16 Å². The second kappa shape index (κ2) is 6.51. The standard InChI is InChI=1S/C15H17NO4S/c1-10-8-11(16-20-10)13-5-6-14(21-13)12(17)9-19-15-4-2-3-7-18-15/h5-6,8,15H,2-4,7,9H2,1H3. The van der Waals surface area contributed by atoms with Gasteiger partial charge >= 0.3 is 0 Å². The first-order valence-corrected chi connectivity index (χ1v) is 7.84. The summed E-state index contributed by atoms with van der Waals surface area (Å²) in [5.74, 6) is 0.727. The Kier molecular flexibility index (Phi) is 4.48. The Hall–Kier alpha value is -1.50. The smallest absolute Gasteiger partial charge is 0.198 e. The fraction of sp³-hybridized carbons (Fsp3) is 0.467. The second-order valence-electron chi connectivity index (χ2n) is 5.02. The van der Waals surface area contributed by atoms with Crippen molar-refractivity contribution < 1.29 is 18.8 Å². The average molecular weight is 307 g/mol. The molecule has 5 nitrogen and oxygen atoms in total. The van der Waals surface area contributed by atoms with Crippen molar-refractivity contribution in [1.82, 2.24) is 5.16 Å². The predicted molar refractivity (Wildman–Crippen MR) is 78.4 cm³/mol. The summed E-state index contributed by atoms with van der Waals surface area (Å²) in [5, 5.41) is 3.95. The van der Waals surface area contributed by atoms with Gasteiger partial charge < -0.3 is 14.0 Å². The Balaban J connectivity index is 1.59. The zero-order valence-electron chi connectivity index (χ0n) is 11.8. The SMILES string of the molecule is Cc1cc(-c2ccc(C(=O)COC3CCCCO3)s2)no1. The summed E-state index contributed by atoms with van der Waals surface area (Å²) in [4.78, 5) is 13.7. The number of aryl methyl sites for hydroxylation is 1. The fourth-order valence-electron chi connectivity index (χ4n) is 2.19. The monoisotopic (exact) mass is 307 g/mol. The molecule has 1 aliphatic heterocycles. The molecule has 0 bridgehead atoms. The molecule has 1 fully saturated rings. The van der Waals surface area contributed by atoms with Crippen molar-refractivity contribution in [1.29, 1.82) is 0 Å². The molecular weight excluding hydrogens is 290 g/mol. The third-order valence-electron chi connectivity index (χ3n) is 3.30. The highest BCUT2D eigenvalue weighted by atomic mass is 32.1. The maximum absolute atomic E-state index is 12.1. The van der Waals surface area contributed by atoms with Gasteiger partial charge in [0.25, 0.3) is 0 Å². The van der Waals surface area contributed by atoms with Gasteiger partial charge in [-0.25, -0.2) is 0 Å². The highest BCUT2D eigenvalue weighted by Gasteiger charge is 2.18. The summed E-state index contributed by atoms with van der Waals surface area (Å²) in [6, 6.07) is 5.54. The van der Waals surface area contributed by atoms with Gasteiger partial charge in [-0.3, -0.25) is 4.79 Å². The molecule has 6 heteroatoms. The maximum atomic E-state index is 12.1. The Bertz CT molecular complexity index is 613. The molecule has 112 valence electrons. The quantitative estimate of drug-likeness (QED) is 0.792. The Morgan fingerprint density at radius 3 is 3.10 bits per heavy atom. The third-order valence-corrected chi connectivity index (χ3v) is 4.45. The van der Waals surface area contributed by atoms with Crippen LogP contribution in [0.2, 0.25) is 0 Å². The molecule has 21 heavy (non-hydrogen) atoms. The van der Waals surface area contributed by atoms with Gasteiger partial charge in [-0.05, 0) is 38.3 Å². The van der Waals surface area contributed by atoms with E-state index in [-0.39, 0.29) is 18.7 Å². The number of Topliss-reactive ketones (excluding diaryl/α,β-unsaturated/α-hetero) is 1. The molecule has 0 saturated carbocycles. The molecule has 1 atom stereocenters. The van der Waals surface area contributed by atoms with Crippen LogP contribution >= 0.6 is 11.3 Å². The molecule has 2 aromatic heterocycles. The number of hydrogen-bond acceptors (Lipinski definition) is 6. The van der Waals surface area contributed by atoms with Crippen molar-refractivity contribution in [3.8, 4) is 10.6 Å². The molecule has 0 spiro atoms. The first-order chi connectivity index (χ1) is 10.2. The normalized spacial score (nSPS) is 18.8. The van der Waals surface area contributed by atoms with E-state index in [9.17, 15) is 4.79 Å². The number of ether oxygens (including phenoxy) is 2. The highest BCUT2D eigenvalue weighted by molar-refractivity contribution is 7.17. The summed E-state index contributed by atoms with van der Waals surface area (Å²) >= 11 is 1.40. The van der Waals surface area contributed by atoms with Crippen LogP contribution in [0.15, 0.2) is 22.7 Å². The number of thiophene rings is 1. The van der Waals surface area contributed by atoms with Crippen LogP contribution in [0.4, 0.5) is 0 Å². The average Bonchev–Trinajstić information content (AvgIpc) is 3.14. The highest BCUT2D eigenvalue weighted by Crippen LogP contribution is 2.28. The minimum atomic E-state index is -0.236. The van der Waals surface area contributed by atoms with Crippen LogP contribution in [0.25, 0.3) is 10.6 Å². The van der Waals surface area contributed by atoms with E-state index in [0.29, 0.717) is 11.5 Å². The van der Waals surface area contributed by atoms with E-state index < -0.39 is 0 Å². The number of carbonyl (C=O) groups excluding carboxylic acids is 1. The lowest BCUT2D eigenvalue weighted by Crippen LogP contribution is -2.24. The second-order valence-corrected chi connectivity index (χ2v) is 6.10. The molecule has 0 amide bonds. The van der Waals surface area contributed by atoms with Gasteiger partial charge in [-0.15, -0.1) is 11.3 Å². The Labute approximate surface area is 126 Å². The number of rotatable bonds is 5. The zero-order valence-corrected chi connectivity index (χ0v) is 12.6. The van der Waals surface area contributed by atoms with Crippen molar-refractivity contribution in [3.05, 3.63) is 28.8 Å². The van der Waals surface area contributed by atoms with E-state index in [0.717, 1.165) is 35.6 Å². The number of carbonyl (C=O) groups is 1. The van der Waals surface area contributed by atoms with Gasteiger partial charge in [0.15, 0.2) is 12.1 Å². The summed E-state index contributed by atoms with van der Waals surface area (Å²) in [5.41, 5.74) is 0.757. The first-order valence-electron chi connectivity index (χ1n) is 7.02. The molecule has 0 radical (unpaired) electrons. The molecule has 1 saturated heterocycles. The predicted octanol–water partition coefficient (Wildman–Crippen LogP) is 3.44.